The zero-order chi connectivity index (χ0) is 13.9. The molecule has 0 bridgehead atoms. The molecule has 0 aromatic carbocycles. The predicted molar refractivity (Wildman–Crippen MR) is 80.0 cm³/mol. The number of hydrogen-bond acceptors (Lipinski definition) is 4. The van der Waals surface area contributed by atoms with Crippen LogP contribution in [0.2, 0.25) is 0 Å². The molecule has 0 radical (unpaired) electrons. The van der Waals surface area contributed by atoms with Gasteiger partial charge in [-0.15, -0.1) is 21.5 Å². The van der Waals surface area contributed by atoms with Gasteiger partial charge in [0, 0.05) is 31.3 Å². The Bertz CT molecular complexity index is 467. The topological polar surface area (TPSA) is 46.1 Å². The third kappa shape index (κ3) is 2.87. The van der Waals surface area contributed by atoms with Gasteiger partial charge >= 0.3 is 0 Å². The molecule has 1 amide bonds. The molecular weight excluding hydrogens is 270 g/mol. The van der Waals surface area contributed by atoms with Crippen LogP contribution in [-0.4, -0.2) is 34.1 Å². The average molecular weight is 293 g/mol. The lowest BCUT2D eigenvalue weighted by Gasteiger charge is -2.31. The molecule has 1 saturated heterocycles. The fourth-order valence-corrected chi connectivity index (χ4v) is 4.52. The van der Waals surface area contributed by atoms with Crippen molar-refractivity contribution in [3.05, 3.63) is 10.0 Å². The van der Waals surface area contributed by atoms with Crippen LogP contribution in [0.3, 0.4) is 0 Å². The van der Waals surface area contributed by atoms with E-state index in [1.165, 1.54) is 30.7 Å². The Labute approximate surface area is 124 Å². The van der Waals surface area contributed by atoms with Crippen molar-refractivity contribution in [2.75, 3.05) is 13.1 Å². The number of hydrogen-bond donors (Lipinski definition) is 0. The lowest BCUT2D eigenvalue weighted by atomic mass is 9.98. The zero-order valence-corrected chi connectivity index (χ0v) is 13.0. The minimum Gasteiger partial charge on any atom is -0.342 e. The summed E-state index contributed by atoms with van der Waals surface area (Å²) >= 11 is 1.80. The lowest BCUT2D eigenvalue weighted by molar-refractivity contribution is -0.132. The second kappa shape index (κ2) is 6.20. The highest BCUT2D eigenvalue weighted by molar-refractivity contribution is 7.11. The normalized spacial score (nSPS) is 24.2. The lowest BCUT2D eigenvalue weighted by Crippen LogP contribution is -2.38. The molecule has 1 aliphatic carbocycles. The molecule has 2 fully saturated rings. The van der Waals surface area contributed by atoms with Gasteiger partial charge in [-0.2, -0.15) is 0 Å². The largest absolute Gasteiger partial charge is 0.342 e. The Morgan fingerprint density at radius 3 is 2.50 bits per heavy atom. The van der Waals surface area contributed by atoms with Gasteiger partial charge in [0.2, 0.25) is 5.91 Å². The molecule has 20 heavy (non-hydrogen) atoms. The van der Waals surface area contributed by atoms with Crippen LogP contribution in [0.15, 0.2) is 0 Å². The van der Waals surface area contributed by atoms with E-state index < -0.39 is 0 Å². The molecule has 1 unspecified atom stereocenters. The summed E-state index contributed by atoms with van der Waals surface area (Å²) < 4.78 is 0. The number of amides is 1. The zero-order valence-electron chi connectivity index (χ0n) is 12.2. The quantitative estimate of drug-likeness (QED) is 0.859. The van der Waals surface area contributed by atoms with E-state index in [0.29, 0.717) is 18.3 Å². The number of carbonyl (C=O) groups is 1. The van der Waals surface area contributed by atoms with Gasteiger partial charge in [0.1, 0.15) is 10.0 Å². The summed E-state index contributed by atoms with van der Waals surface area (Å²) in [6, 6.07) is 0. The fraction of sp³-hybridized carbons (Fsp3) is 0.800. The number of aromatic nitrogens is 2. The van der Waals surface area contributed by atoms with E-state index in [-0.39, 0.29) is 5.91 Å². The molecule has 0 N–H and O–H groups in total. The van der Waals surface area contributed by atoms with Gasteiger partial charge in [0.15, 0.2) is 0 Å². The first kappa shape index (κ1) is 14.0. The summed E-state index contributed by atoms with van der Waals surface area (Å²) in [6.07, 6.45) is 8.07. The molecule has 1 aromatic heterocycles. The third-order valence-electron chi connectivity index (χ3n) is 4.59. The Morgan fingerprint density at radius 2 is 1.80 bits per heavy atom. The van der Waals surface area contributed by atoms with Gasteiger partial charge in [0.05, 0.1) is 0 Å². The summed E-state index contributed by atoms with van der Waals surface area (Å²) in [5.41, 5.74) is 0. The molecule has 1 aromatic rings. The van der Waals surface area contributed by atoms with Crippen LogP contribution < -0.4 is 0 Å². The number of nitrogens with zero attached hydrogens (tertiary/aromatic N) is 3. The fourth-order valence-electron chi connectivity index (χ4n) is 3.38. The van der Waals surface area contributed by atoms with Gasteiger partial charge in [-0.3, -0.25) is 4.79 Å². The van der Waals surface area contributed by atoms with Crippen molar-refractivity contribution in [3.63, 3.8) is 0 Å². The van der Waals surface area contributed by atoms with Crippen LogP contribution in [0.25, 0.3) is 0 Å². The predicted octanol–water partition coefficient (Wildman–Crippen LogP) is 3.31. The van der Waals surface area contributed by atoms with Crippen molar-refractivity contribution in [3.8, 4) is 0 Å². The molecule has 1 atom stereocenters. The highest BCUT2D eigenvalue weighted by Gasteiger charge is 2.28. The molecule has 110 valence electrons. The van der Waals surface area contributed by atoms with Crippen LogP contribution in [0.1, 0.15) is 73.7 Å². The Kier molecular flexibility index (Phi) is 4.34. The van der Waals surface area contributed by atoms with E-state index in [9.17, 15) is 4.79 Å². The number of piperidine rings is 1. The summed E-state index contributed by atoms with van der Waals surface area (Å²) in [5.74, 6) is 1.33. The van der Waals surface area contributed by atoms with Crippen LogP contribution in [0, 0.1) is 0 Å². The van der Waals surface area contributed by atoms with Crippen molar-refractivity contribution in [1.29, 1.82) is 0 Å². The maximum atomic E-state index is 11.9. The van der Waals surface area contributed by atoms with Crippen LogP contribution in [0.5, 0.6) is 0 Å². The van der Waals surface area contributed by atoms with E-state index in [0.717, 1.165) is 30.9 Å². The molecule has 1 aliphatic heterocycles. The smallest absolute Gasteiger partial charge is 0.222 e. The summed E-state index contributed by atoms with van der Waals surface area (Å²) in [5, 5.41) is 11.2. The monoisotopic (exact) mass is 293 g/mol. The van der Waals surface area contributed by atoms with Gasteiger partial charge in [0.25, 0.3) is 0 Å². The SMILES string of the molecule is CCC(=O)N1CCCC(c2nnc(C3CCCC3)s2)C1. The van der Waals surface area contributed by atoms with Crippen LogP contribution >= 0.6 is 11.3 Å². The molecule has 2 aliphatic rings. The Hall–Kier alpha value is -0.970. The minimum absolute atomic E-state index is 0.273. The molecule has 1 saturated carbocycles. The second-order valence-corrected chi connectivity index (χ2v) is 7.03. The summed E-state index contributed by atoms with van der Waals surface area (Å²) in [6.45, 7) is 3.69. The second-order valence-electron chi connectivity index (χ2n) is 5.99. The molecule has 5 heteroatoms. The molecular formula is C15H23N3OS. The number of rotatable bonds is 3. The maximum absolute atomic E-state index is 11.9. The van der Waals surface area contributed by atoms with Crippen LogP contribution in [-0.2, 0) is 4.79 Å². The average Bonchev–Trinajstić information content (AvgIpc) is 3.17. The highest BCUT2D eigenvalue weighted by Crippen LogP contribution is 2.38. The first-order chi connectivity index (χ1) is 9.78. The van der Waals surface area contributed by atoms with E-state index in [1.54, 1.807) is 11.3 Å². The standard InChI is InChI=1S/C15H23N3OS/c1-2-13(19)18-9-5-8-12(10-18)15-17-16-14(20-15)11-6-3-4-7-11/h11-12H,2-10H2,1H3. The van der Waals surface area contributed by atoms with Crippen molar-refractivity contribution in [1.82, 2.24) is 15.1 Å². The molecule has 3 rings (SSSR count). The van der Waals surface area contributed by atoms with Gasteiger partial charge < -0.3 is 4.90 Å². The van der Waals surface area contributed by atoms with E-state index in [1.807, 2.05) is 11.8 Å². The molecule has 4 nitrogen and oxygen atoms in total. The van der Waals surface area contributed by atoms with Crippen LogP contribution in [0.4, 0.5) is 0 Å². The van der Waals surface area contributed by atoms with Crippen molar-refractivity contribution in [2.24, 2.45) is 0 Å². The van der Waals surface area contributed by atoms with Crippen molar-refractivity contribution in [2.45, 2.75) is 63.7 Å². The maximum Gasteiger partial charge on any atom is 0.222 e. The molecule has 0 spiro atoms. The van der Waals surface area contributed by atoms with Crippen molar-refractivity contribution < 1.29 is 4.79 Å². The van der Waals surface area contributed by atoms with Gasteiger partial charge in [-0.05, 0) is 25.7 Å². The summed E-state index contributed by atoms with van der Waals surface area (Å²) in [4.78, 5) is 13.9. The first-order valence-electron chi connectivity index (χ1n) is 7.89. The Balaban J connectivity index is 1.67. The first-order valence-corrected chi connectivity index (χ1v) is 8.70. The number of likely N-dealkylation sites (tertiary alicyclic amines) is 1. The molecule has 2 heterocycles. The highest BCUT2D eigenvalue weighted by atomic mass is 32.1. The van der Waals surface area contributed by atoms with E-state index in [4.69, 9.17) is 0 Å². The summed E-state index contributed by atoms with van der Waals surface area (Å²) in [7, 11) is 0. The van der Waals surface area contributed by atoms with Gasteiger partial charge in [-0.1, -0.05) is 19.8 Å². The van der Waals surface area contributed by atoms with E-state index >= 15 is 0 Å². The van der Waals surface area contributed by atoms with Gasteiger partial charge in [-0.25, -0.2) is 0 Å². The third-order valence-corrected chi connectivity index (χ3v) is 5.83. The van der Waals surface area contributed by atoms with E-state index in [2.05, 4.69) is 10.2 Å². The van der Waals surface area contributed by atoms with Crippen molar-refractivity contribution >= 4 is 17.2 Å². The number of carbonyl (C=O) groups excluding carboxylic acids is 1. The minimum atomic E-state index is 0.273. The Morgan fingerprint density at radius 1 is 1.15 bits per heavy atom.